The predicted molar refractivity (Wildman–Crippen MR) is 85.7 cm³/mol. The van der Waals surface area contributed by atoms with Crippen molar-refractivity contribution in [1.82, 2.24) is 10.3 Å². The molecule has 1 aromatic heterocycles. The first-order valence-corrected chi connectivity index (χ1v) is 7.60. The number of carbonyl (C=O) groups is 2. The van der Waals surface area contributed by atoms with Gasteiger partial charge in [-0.25, -0.2) is 9.37 Å². The Balaban J connectivity index is 2.07. The highest BCUT2D eigenvalue weighted by molar-refractivity contribution is 5.96. The van der Waals surface area contributed by atoms with Crippen LogP contribution >= 0.6 is 0 Å². The molecule has 0 aliphatic heterocycles. The van der Waals surface area contributed by atoms with Crippen LogP contribution in [0.15, 0.2) is 36.5 Å². The Morgan fingerprint density at radius 3 is 2.54 bits per heavy atom. The van der Waals surface area contributed by atoms with E-state index in [-0.39, 0.29) is 35.8 Å². The summed E-state index contributed by atoms with van der Waals surface area (Å²) in [7, 11) is 0. The van der Waals surface area contributed by atoms with E-state index in [1.54, 1.807) is 6.92 Å². The van der Waals surface area contributed by atoms with Crippen molar-refractivity contribution in [2.45, 2.75) is 26.1 Å². The van der Waals surface area contributed by atoms with E-state index in [9.17, 15) is 27.2 Å². The summed E-state index contributed by atoms with van der Waals surface area (Å²) in [5, 5.41) is 4.93. The summed E-state index contributed by atoms with van der Waals surface area (Å²) in [6.07, 6.45) is -3.26. The Hall–Kier alpha value is -2.97. The standard InChI is InChI=1S/C17H15F4N3O2/c1-2-15(25)24-14-8-11(5-6-22-14)16(26)23-9-10-3-4-13(18)12(7-10)17(19,20)21/h3-8H,2,9H2,1H3,(H,23,26)(H,22,24,25). The van der Waals surface area contributed by atoms with Gasteiger partial charge in [-0.2, -0.15) is 13.2 Å². The normalized spacial score (nSPS) is 11.1. The average Bonchev–Trinajstić information content (AvgIpc) is 2.59. The highest BCUT2D eigenvalue weighted by Crippen LogP contribution is 2.31. The van der Waals surface area contributed by atoms with Crippen LogP contribution in [0.2, 0.25) is 0 Å². The van der Waals surface area contributed by atoms with Crippen molar-refractivity contribution in [3.63, 3.8) is 0 Å². The first kappa shape index (κ1) is 19.4. The first-order chi connectivity index (χ1) is 12.2. The zero-order valence-electron chi connectivity index (χ0n) is 13.7. The van der Waals surface area contributed by atoms with E-state index in [1.807, 2.05) is 0 Å². The molecule has 1 heterocycles. The van der Waals surface area contributed by atoms with Gasteiger partial charge in [-0.1, -0.05) is 13.0 Å². The van der Waals surface area contributed by atoms with E-state index in [0.717, 1.165) is 6.07 Å². The number of benzene rings is 1. The van der Waals surface area contributed by atoms with Crippen LogP contribution in [0.3, 0.4) is 0 Å². The summed E-state index contributed by atoms with van der Waals surface area (Å²) >= 11 is 0. The Kier molecular flexibility index (Phi) is 5.91. The van der Waals surface area contributed by atoms with E-state index >= 15 is 0 Å². The number of carbonyl (C=O) groups excluding carboxylic acids is 2. The van der Waals surface area contributed by atoms with Crippen LogP contribution in [0.1, 0.15) is 34.8 Å². The molecule has 26 heavy (non-hydrogen) atoms. The van der Waals surface area contributed by atoms with E-state index in [4.69, 9.17) is 0 Å². The molecule has 0 saturated heterocycles. The van der Waals surface area contributed by atoms with Crippen LogP contribution in [0.5, 0.6) is 0 Å². The lowest BCUT2D eigenvalue weighted by atomic mass is 10.1. The van der Waals surface area contributed by atoms with Gasteiger partial charge in [0, 0.05) is 24.7 Å². The van der Waals surface area contributed by atoms with Gasteiger partial charge in [0.2, 0.25) is 5.91 Å². The van der Waals surface area contributed by atoms with Gasteiger partial charge in [0.15, 0.2) is 0 Å². The number of halogens is 4. The monoisotopic (exact) mass is 369 g/mol. The summed E-state index contributed by atoms with van der Waals surface area (Å²) in [6.45, 7) is 1.44. The number of hydrogen-bond acceptors (Lipinski definition) is 3. The summed E-state index contributed by atoms with van der Waals surface area (Å²) in [5.74, 6) is -2.04. The topological polar surface area (TPSA) is 71.1 Å². The molecule has 0 saturated carbocycles. The van der Waals surface area contributed by atoms with Crippen molar-refractivity contribution < 1.29 is 27.2 Å². The molecule has 0 spiro atoms. The number of pyridine rings is 1. The van der Waals surface area contributed by atoms with Gasteiger partial charge in [0.05, 0.1) is 5.56 Å². The molecule has 0 fully saturated rings. The second-order valence-electron chi connectivity index (χ2n) is 5.33. The number of anilines is 1. The fraction of sp³-hybridized carbons (Fsp3) is 0.235. The smallest absolute Gasteiger partial charge is 0.348 e. The zero-order chi connectivity index (χ0) is 19.3. The van der Waals surface area contributed by atoms with Gasteiger partial charge in [-0.05, 0) is 29.8 Å². The summed E-state index contributed by atoms with van der Waals surface area (Å²) in [5.41, 5.74) is -1.12. The SMILES string of the molecule is CCC(=O)Nc1cc(C(=O)NCc2ccc(F)c(C(F)(F)F)c2)ccn1. The van der Waals surface area contributed by atoms with Crippen molar-refractivity contribution in [3.8, 4) is 0 Å². The fourth-order valence-electron chi connectivity index (χ4n) is 2.06. The van der Waals surface area contributed by atoms with Gasteiger partial charge < -0.3 is 10.6 Å². The fourth-order valence-corrected chi connectivity index (χ4v) is 2.06. The molecule has 1 aromatic carbocycles. The maximum Gasteiger partial charge on any atom is 0.419 e. The molecule has 0 atom stereocenters. The maximum absolute atomic E-state index is 13.3. The van der Waals surface area contributed by atoms with E-state index < -0.39 is 23.5 Å². The van der Waals surface area contributed by atoms with Crippen LogP contribution in [-0.2, 0) is 17.5 Å². The number of amides is 2. The number of aromatic nitrogens is 1. The Bertz CT molecular complexity index is 822. The number of rotatable bonds is 5. The highest BCUT2D eigenvalue weighted by Gasteiger charge is 2.34. The van der Waals surface area contributed by atoms with Gasteiger partial charge in [0.25, 0.3) is 5.91 Å². The van der Waals surface area contributed by atoms with Crippen LogP contribution in [0.25, 0.3) is 0 Å². The molecular weight excluding hydrogens is 354 g/mol. The molecule has 9 heteroatoms. The predicted octanol–water partition coefficient (Wildman–Crippen LogP) is 3.52. The third-order valence-electron chi connectivity index (χ3n) is 3.40. The van der Waals surface area contributed by atoms with Gasteiger partial charge in [0.1, 0.15) is 11.6 Å². The van der Waals surface area contributed by atoms with E-state index in [1.165, 1.54) is 18.3 Å². The maximum atomic E-state index is 13.3. The average molecular weight is 369 g/mol. The Labute approximate surface area is 146 Å². The third kappa shape index (κ3) is 5.01. The molecular formula is C17H15F4N3O2. The molecule has 0 aliphatic rings. The van der Waals surface area contributed by atoms with Crippen LogP contribution in [-0.4, -0.2) is 16.8 Å². The van der Waals surface area contributed by atoms with Gasteiger partial charge in [-0.3, -0.25) is 9.59 Å². The quantitative estimate of drug-likeness (QED) is 0.793. The minimum Gasteiger partial charge on any atom is -0.348 e. The zero-order valence-corrected chi connectivity index (χ0v) is 13.7. The van der Waals surface area contributed by atoms with E-state index in [2.05, 4.69) is 15.6 Å². The molecule has 138 valence electrons. The van der Waals surface area contributed by atoms with Crippen LogP contribution in [0, 0.1) is 5.82 Å². The molecule has 2 aromatic rings. The number of hydrogen-bond donors (Lipinski definition) is 2. The van der Waals surface area contributed by atoms with Crippen molar-refractivity contribution >= 4 is 17.6 Å². The third-order valence-corrected chi connectivity index (χ3v) is 3.40. The lowest BCUT2D eigenvalue weighted by Crippen LogP contribution is -2.23. The molecule has 2 rings (SSSR count). The van der Waals surface area contributed by atoms with E-state index in [0.29, 0.717) is 12.1 Å². The molecule has 0 bridgehead atoms. The van der Waals surface area contributed by atoms with Crippen molar-refractivity contribution in [1.29, 1.82) is 0 Å². The lowest BCUT2D eigenvalue weighted by Gasteiger charge is -2.11. The summed E-state index contributed by atoms with van der Waals surface area (Å²) in [4.78, 5) is 27.4. The number of nitrogens with zero attached hydrogens (tertiary/aromatic N) is 1. The Morgan fingerprint density at radius 2 is 1.88 bits per heavy atom. The largest absolute Gasteiger partial charge is 0.419 e. The van der Waals surface area contributed by atoms with Crippen LogP contribution < -0.4 is 10.6 Å². The Morgan fingerprint density at radius 1 is 1.15 bits per heavy atom. The lowest BCUT2D eigenvalue weighted by molar-refractivity contribution is -0.140. The molecule has 0 unspecified atom stereocenters. The first-order valence-electron chi connectivity index (χ1n) is 7.60. The minimum absolute atomic E-state index is 0.0978. The molecule has 5 nitrogen and oxygen atoms in total. The summed E-state index contributed by atoms with van der Waals surface area (Å²) < 4.78 is 51.4. The van der Waals surface area contributed by atoms with Crippen molar-refractivity contribution in [3.05, 3.63) is 59.0 Å². The van der Waals surface area contributed by atoms with Gasteiger partial charge in [-0.15, -0.1) is 0 Å². The molecule has 2 N–H and O–H groups in total. The second kappa shape index (κ2) is 7.94. The van der Waals surface area contributed by atoms with Crippen molar-refractivity contribution in [2.24, 2.45) is 0 Å². The van der Waals surface area contributed by atoms with Crippen LogP contribution in [0.4, 0.5) is 23.4 Å². The second-order valence-corrected chi connectivity index (χ2v) is 5.33. The number of nitrogens with one attached hydrogen (secondary N) is 2. The van der Waals surface area contributed by atoms with Crippen molar-refractivity contribution in [2.75, 3.05) is 5.32 Å². The molecule has 0 radical (unpaired) electrons. The highest BCUT2D eigenvalue weighted by atomic mass is 19.4. The number of alkyl halides is 3. The summed E-state index contributed by atoms with van der Waals surface area (Å²) in [6, 6.07) is 5.24. The van der Waals surface area contributed by atoms with Gasteiger partial charge >= 0.3 is 6.18 Å². The minimum atomic E-state index is -4.82. The molecule has 2 amide bonds. The molecule has 0 aliphatic carbocycles.